The molecule has 0 saturated carbocycles. The first kappa shape index (κ1) is 15.5. The van der Waals surface area contributed by atoms with Crippen LogP contribution < -0.4 is 10.1 Å². The van der Waals surface area contributed by atoms with Gasteiger partial charge in [0.05, 0.1) is 18.6 Å². The van der Waals surface area contributed by atoms with Gasteiger partial charge in [0.25, 0.3) is 5.91 Å². The molecular weight excluding hydrogens is 312 g/mol. The molecule has 5 nitrogen and oxygen atoms in total. The highest BCUT2D eigenvalue weighted by Crippen LogP contribution is 2.28. The number of amides is 1. The summed E-state index contributed by atoms with van der Waals surface area (Å²) in [7, 11) is 0. The topological polar surface area (TPSA) is 82.3 Å². The Morgan fingerprint density at radius 3 is 3.00 bits per heavy atom. The summed E-state index contributed by atoms with van der Waals surface area (Å²) in [5, 5.41) is 20.5. The maximum absolute atomic E-state index is 11.4. The van der Waals surface area contributed by atoms with E-state index in [1.165, 1.54) is 0 Å². The average Bonchev–Trinajstić information content (AvgIpc) is 2.37. The SMILES string of the molecule is CC(O)c1cc(Br)ccc1OCC(=O)NCCC#N. The Morgan fingerprint density at radius 2 is 2.37 bits per heavy atom. The second kappa shape index (κ2) is 7.77. The Morgan fingerprint density at radius 1 is 1.63 bits per heavy atom. The van der Waals surface area contributed by atoms with Gasteiger partial charge in [-0.25, -0.2) is 0 Å². The van der Waals surface area contributed by atoms with Gasteiger partial charge < -0.3 is 15.2 Å². The lowest BCUT2D eigenvalue weighted by Crippen LogP contribution is -2.29. The van der Waals surface area contributed by atoms with Gasteiger partial charge in [-0.1, -0.05) is 15.9 Å². The quantitative estimate of drug-likeness (QED) is 0.782. The van der Waals surface area contributed by atoms with Crippen LogP contribution in [0, 0.1) is 11.3 Å². The van der Waals surface area contributed by atoms with Crippen LogP contribution in [-0.4, -0.2) is 24.2 Å². The van der Waals surface area contributed by atoms with Crippen molar-refractivity contribution in [2.24, 2.45) is 0 Å². The van der Waals surface area contributed by atoms with Crippen molar-refractivity contribution in [3.05, 3.63) is 28.2 Å². The zero-order chi connectivity index (χ0) is 14.3. The van der Waals surface area contributed by atoms with Gasteiger partial charge in [0.1, 0.15) is 5.75 Å². The summed E-state index contributed by atoms with van der Waals surface area (Å²) in [4.78, 5) is 11.4. The van der Waals surface area contributed by atoms with E-state index >= 15 is 0 Å². The van der Waals surface area contributed by atoms with Crippen LogP contribution in [0.25, 0.3) is 0 Å². The molecular formula is C13H15BrN2O3. The highest BCUT2D eigenvalue weighted by atomic mass is 79.9. The fourth-order valence-electron chi connectivity index (χ4n) is 1.43. The van der Waals surface area contributed by atoms with Gasteiger partial charge in [0, 0.05) is 16.6 Å². The Hall–Kier alpha value is -1.58. The lowest BCUT2D eigenvalue weighted by Gasteiger charge is -2.13. The highest BCUT2D eigenvalue weighted by molar-refractivity contribution is 9.10. The number of nitrogens with one attached hydrogen (secondary N) is 1. The molecule has 0 bridgehead atoms. The molecule has 0 aromatic heterocycles. The molecule has 0 heterocycles. The lowest BCUT2D eigenvalue weighted by molar-refractivity contribution is -0.123. The van der Waals surface area contributed by atoms with Crippen molar-refractivity contribution < 1.29 is 14.6 Å². The number of benzene rings is 1. The Labute approximate surface area is 120 Å². The summed E-state index contributed by atoms with van der Waals surface area (Å²) in [6.45, 7) is 1.79. The predicted octanol–water partition coefficient (Wildman–Crippen LogP) is 1.91. The number of nitriles is 1. The van der Waals surface area contributed by atoms with Crippen molar-refractivity contribution in [3.63, 3.8) is 0 Å². The van der Waals surface area contributed by atoms with Gasteiger partial charge >= 0.3 is 0 Å². The zero-order valence-corrected chi connectivity index (χ0v) is 12.1. The highest BCUT2D eigenvalue weighted by Gasteiger charge is 2.11. The van der Waals surface area contributed by atoms with Crippen LogP contribution in [0.4, 0.5) is 0 Å². The predicted molar refractivity (Wildman–Crippen MR) is 73.5 cm³/mol. The number of carbonyl (C=O) groups is 1. The summed E-state index contributed by atoms with van der Waals surface area (Å²) in [5.41, 5.74) is 0.610. The molecule has 102 valence electrons. The molecule has 2 N–H and O–H groups in total. The number of ether oxygens (including phenoxy) is 1. The smallest absolute Gasteiger partial charge is 0.257 e. The monoisotopic (exact) mass is 326 g/mol. The molecule has 0 fully saturated rings. The molecule has 0 aliphatic heterocycles. The van der Waals surface area contributed by atoms with Gasteiger partial charge in [-0.15, -0.1) is 0 Å². The summed E-state index contributed by atoms with van der Waals surface area (Å²) in [5.74, 6) is 0.170. The van der Waals surface area contributed by atoms with Crippen LogP contribution >= 0.6 is 15.9 Å². The van der Waals surface area contributed by atoms with E-state index in [9.17, 15) is 9.90 Å². The average molecular weight is 327 g/mol. The molecule has 1 aromatic rings. The van der Waals surface area contributed by atoms with Gasteiger partial charge in [0.2, 0.25) is 0 Å². The van der Waals surface area contributed by atoms with Crippen LogP contribution in [-0.2, 0) is 4.79 Å². The summed E-state index contributed by atoms with van der Waals surface area (Å²) in [6.07, 6.45) is -0.419. The van der Waals surface area contributed by atoms with Crippen molar-refractivity contribution in [1.29, 1.82) is 5.26 Å². The van der Waals surface area contributed by atoms with E-state index in [-0.39, 0.29) is 18.9 Å². The van der Waals surface area contributed by atoms with E-state index in [1.54, 1.807) is 25.1 Å². The fourth-order valence-corrected chi connectivity index (χ4v) is 1.81. The normalized spacial score (nSPS) is 11.5. The van der Waals surface area contributed by atoms with E-state index in [2.05, 4.69) is 21.2 Å². The van der Waals surface area contributed by atoms with Crippen molar-refractivity contribution in [2.75, 3.05) is 13.2 Å². The maximum Gasteiger partial charge on any atom is 0.257 e. The van der Waals surface area contributed by atoms with Crippen LogP contribution in [0.5, 0.6) is 5.75 Å². The summed E-state index contributed by atoms with van der Waals surface area (Å²) >= 11 is 3.31. The molecule has 0 aliphatic carbocycles. The molecule has 1 aromatic carbocycles. The number of nitrogens with zero attached hydrogens (tertiary/aromatic N) is 1. The number of hydrogen-bond donors (Lipinski definition) is 2. The van der Waals surface area contributed by atoms with E-state index in [1.807, 2.05) is 6.07 Å². The third-order valence-electron chi connectivity index (χ3n) is 2.34. The van der Waals surface area contributed by atoms with Crippen molar-refractivity contribution in [1.82, 2.24) is 5.32 Å². The molecule has 1 amide bonds. The van der Waals surface area contributed by atoms with Crippen LogP contribution in [0.15, 0.2) is 22.7 Å². The largest absolute Gasteiger partial charge is 0.483 e. The van der Waals surface area contributed by atoms with Crippen LogP contribution in [0.1, 0.15) is 25.0 Å². The molecule has 0 radical (unpaired) electrons. The molecule has 1 rings (SSSR count). The Balaban J connectivity index is 2.58. The molecule has 1 unspecified atom stereocenters. The fraction of sp³-hybridized carbons (Fsp3) is 0.385. The summed E-state index contributed by atoms with van der Waals surface area (Å²) in [6, 6.07) is 7.14. The number of aliphatic hydroxyl groups excluding tert-OH is 1. The number of rotatable bonds is 6. The van der Waals surface area contributed by atoms with Crippen molar-refractivity contribution in [2.45, 2.75) is 19.4 Å². The molecule has 0 saturated heterocycles. The first-order valence-electron chi connectivity index (χ1n) is 5.78. The van der Waals surface area contributed by atoms with Crippen LogP contribution in [0.3, 0.4) is 0 Å². The molecule has 1 atom stereocenters. The van der Waals surface area contributed by atoms with E-state index in [4.69, 9.17) is 10.00 Å². The van der Waals surface area contributed by atoms with E-state index < -0.39 is 6.10 Å². The third kappa shape index (κ3) is 5.28. The zero-order valence-electron chi connectivity index (χ0n) is 10.5. The number of aliphatic hydroxyl groups is 1. The molecule has 19 heavy (non-hydrogen) atoms. The second-order valence-corrected chi connectivity index (χ2v) is 4.82. The van der Waals surface area contributed by atoms with Gasteiger partial charge in [0.15, 0.2) is 6.61 Å². The van der Waals surface area contributed by atoms with E-state index in [0.717, 1.165) is 4.47 Å². The number of halogens is 1. The minimum absolute atomic E-state index is 0.146. The third-order valence-corrected chi connectivity index (χ3v) is 2.83. The van der Waals surface area contributed by atoms with Crippen molar-refractivity contribution in [3.8, 4) is 11.8 Å². The minimum atomic E-state index is -0.686. The molecule has 0 aliphatic rings. The minimum Gasteiger partial charge on any atom is -0.483 e. The number of carbonyl (C=O) groups excluding carboxylic acids is 1. The second-order valence-electron chi connectivity index (χ2n) is 3.90. The Kier molecular flexibility index (Phi) is 6.33. The number of hydrogen-bond acceptors (Lipinski definition) is 4. The standard InChI is InChI=1S/C13H15BrN2O3/c1-9(17)11-7-10(14)3-4-12(11)19-8-13(18)16-6-2-5-15/h3-4,7,9,17H,2,6,8H2,1H3,(H,16,18). The van der Waals surface area contributed by atoms with Gasteiger partial charge in [-0.3, -0.25) is 4.79 Å². The summed E-state index contributed by atoms with van der Waals surface area (Å²) < 4.78 is 6.20. The lowest BCUT2D eigenvalue weighted by atomic mass is 10.1. The van der Waals surface area contributed by atoms with E-state index in [0.29, 0.717) is 17.9 Å². The Bertz CT molecular complexity index is 483. The first-order valence-corrected chi connectivity index (χ1v) is 6.58. The van der Waals surface area contributed by atoms with Gasteiger partial charge in [-0.05, 0) is 25.1 Å². The van der Waals surface area contributed by atoms with Gasteiger partial charge in [-0.2, -0.15) is 5.26 Å². The molecule has 0 spiro atoms. The van der Waals surface area contributed by atoms with Crippen LogP contribution in [0.2, 0.25) is 0 Å². The maximum atomic E-state index is 11.4. The first-order chi connectivity index (χ1) is 9.04. The van der Waals surface area contributed by atoms with Crippen molar-refractivity contribution >= 4 is 21.8 Å². The molecule has 6 heteroatoms.